The van der Waals surface area contributed by atoms with Crippen LogP contribution in [0.3, 0.4) is 0 Å². The number of piperidine rings is 1. The number of nitriles is 1. The third-order valence-corrected chi connectivity index (χ3v) is 6.32. The van der Waals surface area contributed by atoms with Gasteiger partial charge < -0.3 is 20.1 Å². The highest BCUT2D eigenvalue weighted by Gasteiger charge is 2.47. The number of aliphatic hydroxyl groups excluding tert-OH is 1. The molecular formula is C23H29ClN6O2. The van der Waals surface area contributed by atoms with Gasteiger partial charge in [0.15, 0.2) is 0 Å². The van der Waals surface area contributed by atoms with Crippen molar-refractivity contribution in [3.8, 4) is 6.07 Å². The first-order valence-corrected chi connectivity index (χ1v) is 11.2. The van der Waals surface area contributed by atoms with Gasteiger partial charge in [-0.3, -0.25) is 4.90 Å². The van der Waals surface area contributed by atoms with Gasteiger partial charge in [0.25, 0.3) is 0 Å². The summed E-state index contributed by atoms with van der Waals surface area (Å²) in [5.41, 5.74) is 1.08. The third kappa shape index (κ3) is 5.13. The van der Waals surface area contributed by atoms with Crippen molar-refractivity contribution >= 4 is 28.9 Å². The normalized spacial score (nSPS) is 19.3. The van der Waals surface area contributed by atoms with E-state index in [2.05, 4.69) is 26.3 Å². The quantitative estimate of drug-likeness (QED) is 0.656. The Morgan fingerprint density at radius 2 is 1.94 bits per heavy atom. The van der Waals surface area contributed by atoms with Gasteiger partial charge in [-0.05, 0) is 57.2 Å². The first-order chi connectivity index (χ1) is 15.2. The number of benzene rings is 1. The van der Waals surface area contributed by atoms with E-state index in [0.717, 1.165) is 44.8 Å². The SMILES string of the molecule is CC(C)(C)OC(O)N1CC2(CCN(c3cc(Nc4ccc(C#N)cc4Cl)ncn3)CC2)C1. The molecule has 0 radical (unpaired) electrons. The zero-order chi connectivity index (χ0) is 22.9. The van der Waals surface area contributed by atoms with Gasteiger partial charge in [-0.25, -0.2) is 9.97 Å². The second-order valence-corrected chi connectivity index (χ2v) is 10.0. The Bertz CT molecular complexity index is 1000. The third-order valence-electron chi connectivity index (χ3n) is 6.01. The van der Waals surface area contributed by atoms with Crippen LogP contribution >= 0.6 is 11.6 Å². The largest absolute Gasteiger partial charge is 0.356 e. The Morgan fingerprint density at radius 3 is 2.56 bits per heavy atom. The number of halogens is 1. The summed E-state index contributed by atoms with van der Waals surface area (Å²) in [6.45, 7) is 9.35. The van der Waals surface area contributed by atoms with Gasteiger partial charge in [0.05, 0.1) is 27.9 Å². The van der Waals surface area contributed by atoms with Crippen molar-refractivity contribution < 1.29 is 9.84 Å². The molecule has 2 N–H and O–H groups in total. The van der Waals surface area contributed by atoms with Gasteiger partial charge in [-0.15, -0.1) is 0 Å². The Morgan fingerprint density at radius 1 is 1.22 bits per heavy atom. The molecular weight excluding hydrogens is 428 g/mol. The van der Waals surface area contributed by atoms with Crippen LogP contribution in [0.2, 0.25) is 5.02 Å². The predicted molar refractivity (Wildman–Crippen MR) is 124 cm³/mol. The molecule has 32 heavy (non-hydrogen) atoms. The number of hydrogen-bond acceptors (Lipinski definition) is 8. The van der Waals surface area contributed by atoms with Crippen molar-refractivity contribution in [3.05, 3.63) is 41.2 Å². The Kier molecular flexibility index (Phi) is 6.28. The molecule has 2 fully saturated rings. The lowest BCUT2D eigenvalue weighted by atomic mass is 9.72. The van der Waals surface area contributed by atoms with E-state index in [9.17, 15) is 5.11 Å². The molecule has 0 saturated carbocycles. The van der Waals surface area contributed by atoms with Gasteiger partial charge in [-0.2, -0.15) is 5.26 Å². The standard InChI is InChI=1S/C23H29ClN6O2/c1-22(2,3)32-21(31)30-13-23(14-30)6-8-29(9-7-23)20-11-19(26-15-27-20)28-18-5-4-16(12-25)10-17(18)24/h4-5,10-11,15,21,31H,6-9,13-14H2,1-3H3,(H,26,27,28). The van der Waals surface area contributed by atoms with Crippen LogP contribution in [-0.4, -0.2) is 58.2 Å². The summed E-state index contributed by atoms with van der Waals surface area (Å²) >= 11 is 6.27. The molecule has 8 nitrogen and oxygen atoms in total. The average Bonchev–Trinajstić information content (AvgIpc) is 2.72. The number of ether oxygens (including phenoxy) is 1. The first kappa shape index (κ1) is 22.7. The molecule has 2 aromatic rings. The van der Waals surface area contributed by atoms with Crippen LogP contribution in [0.15, 0.2) is 30.6 Å². The van der Waals surface area contributed by atoms with Crippen molar-refractivity contribution in [1.29, 1.82) is 5.26 Å². The van der Waals surface area contributed by atoms with Gasteiger partial charge in [0.1, 0.15) is 18.0 Å². The lowest BCUT2D eigenvalue weighted by Crippen LogP contribution is -2.64. The number of aromatic nitrogens is 2. The Balaban J connectivity index is 1.34. The molecule has 1 spiro atoms. The summed E-state index contributed by atoms with van der Waals surface area (Å²) in [6, 6.07) is 9.11. The second-order valence-electron chi connectivity index (χ2n) is 9.64. The Hall–Kier alpha value is -2.44. The maximum absolute atomic E-state index is 10.3. The average molecular weight is 457 g/mol. The molecule has 2 saturated heterocycles. The zero-order valence-electron chi connectivity index (χ0n) is 18.7. The number of anilines is 3. The van der Waals surface area contributed by atoms with Crippen LogP contribution in [0.1, 0.15) is 39.2 Å². The number of aliphatic hydroxyl groups is 1. The molecule has 1 atom stereocenters. The van der Waals surface area contributed by atoms with Crippen LogP contribution in [0, 0.1) is 16.7 Å². The fourth-order valence-electron chi connectivity index (χ4n) is 4.30. The van der Waals surface area contributed by atoms with Gasteiger partial charge >= 0.3 is 0 Å². The highest BCUT2D eigenvalue weighted by atomic mass is 35.5. The summed E-state index contributed by atoms with van der Waals surface area (Å²) in [4.78, 5) is 13.0. The number of rotatable bonds is 5. The van der Waals surface area contributed by atoms with E-state index >= 15 is 0 Å². The molecule has 1 aromatic heterocycles. The predicted octanol–water partition coefficient (Wildman–Crippen LogP) is 3.74. The molecule has 1 aromatic carbocycles. The lowest BCUT2D eigenvalue weighted by Gasteiger charge is -2.55. The molecule has 0 bridgehead atoms. The van der Waals surface area contributed by atoms with Crippen molar-refractivity contribution in [1.82, 2.24) is 14.9 Å². The molecule has 0 amide bonds. The van der Waals surface area contributed by atoms with Gasteiger partial charge in [0.2, 0.25) is 6.41 Å². The minimum atomic E-state index is -0.844. The fraction of sp³-hybridized carbons (Fsp3) is 0.522. The summed E-state index contributed by atoms with van der Waals surface area (Å²) in [6.07, 6.45) is 2.79. The molecule has 0 aliphatic carbocycles. The van der Waals surface area contributed by atoms with E-state index in [4.69, 9.17) is 21.6 Å². The maximum Gasteiger partial charge on any atom is 0.216 e. The van der Waals surface area contributed by atoms with Crippen LogP contribution < -0.4 is 10.2 Å². The first-order valence-electron chi connectivity index (χ1n) is 10.8. The highest BCUT2D eigenvalue weighted by Crippen LogP contribution is 2.42. The molecule has 4 rings (SSSR count). The highest BCUT2D eigenvalue weighted by molar-refractivity contribution is 6.33. The van der Waals surface area contributed by atoms with Crippen molar-refractivity contribution in [2.24, 2.45) is 5.41 Å². The van der Waals surface area contributed by atoms with Crippen LogP contribution in [0.25, 0.3) is 0 Å². The summed E-state index contributed by atoms with van der Waals surface area (Å²) < 4.78 is 5.67. The number of likely N-dealkylation sites (tertiary alicyclic amines) is 1. The molecule has 3 heterocycles. The number of nitrogens with one attached hydrogen (secondary N) is 1. The topological polar surface area (TPSA) is 97.5 Å². The van der Waals surface area contributed by atoms with Gasteiger partial charge in [0, 0.05) is 32.2 Å². The van der Waals surface area contributed by atoms with Crippen molar-refractivity contribution in [2.45, 2.75) is 45.6 Å². The number of hydrogen-bond donors (Lipinski definition) is 2. The van der Waals surface area contributed by atoms with Crippen molar-refractivity contribution in [3.63, 3.8) is 0 Å². The summed E-state index contributed by atoms with van der Waals surface area (Å²) in [5, 5.41) is 23.0. The lowest BCUT2D eigenvalue weighted by molar-refractivity contribution is -0.276. The summed E-state index contributed by atoms with van der Waals surface area (Å²) in [5.74, 6) is 1.52. The van der Waals surface area contributed by atoms with E-state index in [0.29, 0.717) is 22.1 Å². The van der Waals surface area contributed by atoms with E-state index in [-0.39, 0.29) is 11.0 Å². The van der Waals surface area contributed by atoms with Crippen LogP contribution in [-0.2, 0) is 4.74 Å². The van der Waals surface area contributed by atoms with Crippen molar-refractivity contribution in [2.75, 3.05) is 36.4 Å². The second kappa shape index (κ2) is 8.83. The fourth-order valence-corrected chi connectivity index (χ4v) is 4.53. The van der Waals surface area contributed by atoms with E-state index in [1.165, 1.54) is 0 Å². The zero-order valence-corrected chi connectivity index (χ0v) is 19.4. The van der Waals surface area contributed by atoms with E-state index in [1.807, 2.05) is 31.7 Å². The minimum absolute atomic E-state index is 0.239. The van der Waals surface area contributed by atoms with E-state index in [1.54, 1.807) is 24.5 Å². The maximum atomic E-state index is 10.3. The van der Waals surface area contributed by atoms with Crippen LogP contribution in [0.4, 0.5) is 17.3 Å². The molecule has 2 aliphatic rings. The molecule has 1 unspecified atom stereocenters. The Labute approximate surface area is 193 Å². The number of nitrogens with zero attached hydrogens (tertiary/aromatic N) is 5. The summed E-state index contributed by atoms with van der Waals surface area (Å²) in [7, 11) is 0. The van der Waals surface area contributed by atoms with Gasteiger partial charge in [-0.1, -0.05) is 11.6 Å². The monoisotopic (exact) mass is 456 g/mol. The minimum Gasteiger partial charge on any atom is -0.356 e. The molecule has 170 valence electrons. The van der Waals surface area contributed by atoms with E-state index < -0.39 is 6.41 Å². The van der Waals surface area contributed by atoms with Crippen LogP contribution in [0.5, 0.6) is 0 Å². The smallest absolute Gasteiger partial charge is 0.216 e. The molecule has 9 heteroatoms. The molecule has 2 aliphatic heterocycles.